The molecule has 0 bridgehead atoms. The fraction of sp³-hybridized carbons (Fsp3) is 0.250. The quantitative estimate of drug-likeness (QED) is 0.800. The number of nitrogen functional groups attached to an aromatic ring is 1. The molecule has 1 aromatic heterocycles. The number of nitrogens with two attached hydrogens (primary N) is 1. The fourth-order valence-corrected chi connectivity index (χ4v) is 1.80. The molecular formula is C12H14FN3. The van der Waals surface area contributed by atoms with Gasteiger partial charge in [-0.25, -0.2) is 4.39 Å². The predicted molar refractivity (Wildman–Crippen MR) is 62.5 cm³/mol. The van der Waals surface area contributed by atoms with Gasteiger partial charge in [0.25, 0.3) is 0 Å². The van der Waals surface area contributed by atoms with E-state index in [-0.39, 0.29) is 5.82 Å². The van der Waals surface area contributed by atoms with Crippen LogP contribution < -0.4 is 5.73 Å². The van der Waals surface area contributed by atoms with E-state index >= 15 is 0 Å². The molecule has 0 saturated carbocycles. The van der Waals surface area contributed by atoms with E-state index in [4.69, 9.17) is 5.73 Å². The van der Waals surface area contributed by atoms with Crippen molar-refractivity contribution in [3.05, 3.63) is 35.3 Å². The number of hydrogen-bond acceptors (Lipinski definition) is 2. The average molecular weight is 219 g/mol. The number of halogens is 1. The van der Waals surface area contributed by atoms with Crippen LogP contribution in [0.15, 0.2) is 18.3 Å². The molecule has 1 heterocycles. The average Bonchev–Trinajstić information content (AvgIpc) is 2.54. The third kappa shape index (κ3) is 1.56. The third-order valence-corrected chi connectivity index (χ3v) is 2.67. The number of benzene rings is 1. The van der Waals surface area contributed by atoms with Gasteiger partial charge in [0.2, 0.25) is 0 Å². The Labute approximate surface area is 93.7 Å². The first kappa shape index (κ1) is 10.7. The summed E-state index contributed by atoms with van der Waals surface area (Å²) >= 11 is 0. The molecule has 0 saturated heterocycles. The van der Waals surface area contributed by atoms with Crippen LogP contribution in [0.4, 0.5) is 10.2 Å². The zero-order valence-corrected chi connectivity index (χ0v) is 9.58. The normalized spacial score (nSPS) is 10.8. The molecule has 2 rings (SSSR count). The Bertz CT molecular complexity index is 543. The molecule has 0 aliphatic heterocycles. The number of aryl methyl sites for hydroxylation is 3. The minimum atomic E-state index is -0.231. The monoisotopic (exact) mass is 219 g/mol. The van der Waals surface area contributed by atoms with Gasteiger partial charge in [0.05, 0.1) is 6.20 Å². The zero-order chi connectivity index (χ0) is 11.9. The summed E-state index contributed by atoms with van der Waals surface area (Å²) < 4.78 is 15.5. The lowest BCUT2D eigenvalue weighted by molar-refractivity contribution is 0.621. The maximum Gasteiger partial charge on any atom is 0.134 e. The van der Waals surface area contributed by atoms with E-state index in [0.717, 1.165) is 5.56 Å². The molecule has 3 nitrogen and oxygen atoms in total. The Kier molecular flexibility index (Phi) is 2.42. The maximum absolute atomic E-state index is 14.0. The van der Waals surface area contributed by atoms with E-state index in [1.165, 1.54) is 4.68 Å². The molecule has 84 valence electrons. The number of anilines is 1. The van der Waals surface area contributed by atoms with Crippen LogP contribution in [0.1, 0.15) is 11.1 Å². The van der Waals surface area contributed by atoms with Crippen LogP contribution in [0.5, 0.6) is 0 Å². The second-order valence-electron chi connectivity index (χ2n) is 4.01. The molecule has 2 N–H and O–H groups in total. The summed E-state index contributed by atoms with van der Waals surface area (Å²) in [6.07, 6.45) is 1.59. The molecule has 0 atom stereocenters. The third-order valence-electron chi connectivity index (χ3n) is 2.67. The van der Waals surface area contributed by atoms with Gasteiger partial charge in [-0.15, -0.1) is 0 Å². The van der Waals surface area contributed by atoms with Crippen LogP contribution in [-0.4, -0.2) is 9.78 Å². The van der Waals surface area contributed by atoms with Gasteiger partial charge in [-0.2, -0.15) is 5.10 Å². The van der Waals surface area contributed by atoms with Crippen molar-refractivity contribution in [2.75, 3.05) is 5.73 Å². The summed E-state index contributed by atoms with van der Waals surface area (Å²) in [5.74, 6) is 0.245. The highest BCUT2D eigenvalue weighted by Crippen LogP contribution is 2.30. The van der Waals surface area contributed by atoms with E-state index in [0.29, 0.717) is 22.5 Å². The van der Waals surface area contributed by atoms with Crippen molar-refractivity contribution in [3.63, 3.8) is 0 Å². The molecule has 0 aliphatic carbocycles. The first-order valence-electron chi connectivity index (χ1n) is 5.05. The maximum atomic E-state index is 14.0. The molecule has 0 unspecified atom stereocenters. The molecule has 1 aromatic carbocycles. The number of aromatic nitrogens is 2. The molecule has 2 aromatic rings. The van der Waals surface area contributed by atoms with Crippen LogP contribution in [0.2, 0.25) is 0 Å². The van der Waals surface area contributed by atoms with Crippen molar-refractivity contribution < 1.29 is 4.39 Å². The minimum absolute atomic E-state index is 0.231. The van der Waals surface area contributed by atoms with Gasteiger partial charge < -0.3 is 5.73 Å². The van der Waals surface area contributed by atoms with Gasteiger partial charge in [0.1, 0.15) is 11.6 Å². The standard InChI is InChI=1S/C12H14FN3/c1-7-4-8(2)11(13)9(5-7)10-6-15-16(3)12(10)14/h4-6H,14H2,1-3H3. The van der Waals surface area contributed by atoms with Gasteiger partial charge in [-0.3, -0.25) is 4.68 Å². The molecule has 0 fully saturated rings. The Morgan fingerprint density at radius 2 is 1.94 bits per heavy atom. The van der Waals surface area contributed by atoms with Gasteiger partial charge in [-0.1, -0.05) is 11.6 Å². The number of rotatable bonds is 1. The van der Waals surface area contributed by atoms with Gasteiger partial charge in [0, 0.05) is 18.2 Å². The van der Waals surface area contributed by atoms with Crippen LogP contribution in [0.25, 0.3) is 11.1 Å². The van der Waals surface area contributed by atoms with Crippen molar-refractivity contribution >= 4 is 5.82 Å². The van der Waals surface area contributed by atoms with E-state index in [9.17, 15) is 4.39 Å². The van der Waals surface area contributed by atoms with E-state index < -0.39 is 0 Å². The van der Waals surface area contributed by atoms with Gasteiger partial charge >= 0.3 is 0 Å². The Morgan fingerprint density at radius 3 is 2.50 bits per heavy atom. The van der Waals surface area contributed by atoms with Crippen molar-refractivity contribution in [1.29, 1.82) is 0 Å². The summed E-state index contributed by atoms with van der Waals surface area (Å²) in [6, 6.07) is 3.60. The molecule has 0 radical (unpaired) electrons. The van der Waals surface area contributed by atoms with Gasteiger partial charge in [-0.05, 0) is 25.5 Å². The summed E-state index contributed by atoms with van der Waals surface area (Å²) in [5, 5.41) is 4.02. The smallest absolute Gasteiger partial charge is 0.134 e. The lowest BCUT2D eigenvalue weighted by Gasteiger charge is -2.07. The van der Waals surface area contributed by atoms with Crippen LogP contribution in [0, 0.1) is 19.7 Å². The summed E-state index contributed by atoms with van der Waals surface area (Å²) in [6.45, 7) is 3.68. The van der Waals surface area contributed by atoms with Crippen LogP contribution in [-0.2, 0) is 7.05 Å². The van der Waals surface area contributed by atoms with E-state index in [1.807, 2.05) is 13.0 Å². The number of hydrogen-bond donors (Lipinski definition) is 1. The highest BCUT2D eigenvalue weighted by Gasteiger charge is 2.13. The lowest BCUT2D eigenvalue weighted by Crippen LogP contribution is -1.99. The largest absolute Gasteiger partial charge is 0.383 e. The van der Waals surface area contributed by atoms with Crippen molar-refractivity contribution in [1.82, 2.24) is 9.78 Å². The summed E-state index contributed by atoms with van der Waals surface area (Å²) in [4.78, 5) is 0. The molecule has 16 heavy (non-hydrogen) atoms. The first-order chi connectivity index (χ1) is 7.50. The topological polar surface area (TPSA) is 43.8 Å². The second kappa shape index (κ2) is 3.63. The van der Waals surface area contributed by atoms with Crippen molar-refractivity contribution in [3.8, 4) is 11.1 Å². The predicted octanol–water partition coefficient (Wildman–Crippen LogP) is 2.43. The molecule has 0 spiro atoms. The highest BCUT2D eigenvalue weighted by atomic mass is 19.1. The van der Waals surface area contributed by atoms with Crippen molar-refractivity contribution in [2.24, 2.45) is 7.05 Å². The Hall–Kier alpha value is -1.84. The van der Waals surface area contributed by atoms with Crippen LogP contribution >= 0.6 is 0 Å². The SMILES string of the molecule is Cc1cc(C)c(F)c(-c2cnn(C)c2N)c1. The lowest BCUT2D eigenvalue weighted by atomic mass is 10.0. The zero-order valence-electron chi connectivity index (χ0n) is 9.58. The van der Waals surface area contributed by atoms with E-state index in [1.54, 1.807) is 26.2 Å². The van der Waals surface area contributed by atoms with Crippen molar-refractivity contribution in [2.45, 2.75) is 13.8 Å². The number of nitrogens with zero attached hydrogens (tertiary/aromatic N) is 2. The summed E-state index contributed by atoms with van der Waals surface area (Å²) in [7, 11) is 1.74. The first-order valence-corrected chi connectivity index (χ1v) is 5.05. The molecule has 0 aliphatic rings. The molecule has 0 amide bonds. The Balaban J connectivity index is 2.69. The molecule has 4 heteroatoms. The highest BCUT2D eigenvalue weighted by molar-refractivity contribution is 5.75. The second-order valence-corrected chi connectivity index (χ2v) is 4.01. The van der Waals surface area contributed by atoms with Gasteiger partial charge in [0.15, 0.2) is 0 Å². The van der Waals surface area contributed by atoms with E-state index in [2.05, 4.69) is 5.10 Å². The Morgan fingerprint density at radius 1 is 1.25 bits per heavy atom. The molecular weight excluding hydrogens is 205 g/mol. The fourth-order valence-electron chi connectivity index (χ4n) is 1.80. The summed E-state index contributed by atoms with van der Waals surface area (Å²) in [5.41, 5.74) is 8.63. The minimum Gasteiger partial charge on any atom is -0.383 e. The van der Waals surface area contributed by atoms with Crippen LogP contribution in [0.3, 0.4) is 0 Å².